The molecular weight excluding hydrogens is 469 g/mol. The van der Waals surface area contributed by atoms with Gasteiger partial charge in [0.2, 0.25) is 15.9 Å². The van der Waals surface area contributed by atoms with Crippen molar-refractivity contribution in [1.82, 2.24) is 14.5 Å². The summed E-state index contributed by atoms with van der Waals surface area (Å²) in [5.74, 6) is -0.171. The number of carbonyl (C=O) groups is 1. The van der Waals surface area contributed by atoms with Crippen molar-refractivity contribution < 1.29 is 13.2 Å². The van der Waals surface area contributed by atoms with Gasteiger partial charge in [-0.25, -0.2) is 8.42 Å². The third-order valence-corrected chi connectivity index (χ3v) is 9.06. The van der Waals surface area contributed by atoms with Crippen LogP contribution in [0.5, 0.6) is 0 Å². The second-order valence-corrected chi connectivity index (χ2v) is 11.1. The molecule has 0 aliphatic carbocycles. The van der Waals surface area contributed by atoms with E-state index in [0.29, 0.717) is 12.8 Å². The van der Waals surface area contributed by atoms with Crippen LogP contribution < -0.4 is 5.32 Å². The van der Waals surface area contributed by atoms with E-state index in [9.17, 15) is 13.2 Å². The zero-order valence-corrected chi connectivity index (χ0v) is 20.0. The Morgan fingerprint density at radius 1 is 0.938 bits per heavy atom. The minimum Gasteiger partial charge on any atom is -0.352 e. The Bertz CT molecular complexity index is 1040. The Hall–Kier alpha value is -1.64. The minimum absolute atomic E-state index is 0.0179. The molecule has 6 nitrogen and oxygen atoms in total. The number of hydrogen-bond donors (Lipinski definition) is 1. The molecule has 172 valence electrons. The van der Waals surface area contributed by atoms with Crippen LogP contribution in [-0.2, 0) is 21.4 Å². The monoisotopic (exact) mass is 495 g/mol. The van der Waals surface area contributed by atoms with Gasteiger partial charge in [0.1, 0.15) is 4.90 Å². The summed E-state index contributed by atoms with van der Waals surface area (Å²) < 4.78 is 27.4. The summed E-state index contributed by atoms with van der Waals surface area (Å²) in [4.78, 5) is 15.1. The number of halogens is 2. The lowest BCUT2D eigenvalue weighted by molar-refractivity contribution is -0.126. The van der Waals surface area contributed by atoms with Gasteiger partial charge in [0.15, 0.2) is 0 Å². The normalized spacial score (nSPS) is 21.0. The third-order valence-electron chi connectivity index (χ3n) is 6.21. The topological polar surface area (TPSA) is 69.7 Å². The van der Waals surface area contributed by atoms with Gasteiger partial charge in [-0.15, -0.1) is 0 Å². The minimum atomic E-state index is -3.80. The molecule has 1 atom stereocenters. The summed E-state index contributed by atoms with van der Waals surface area (Å²) in [5.41, 5.74) is 1.27. The summed E-state index contributed by atoms with van der Waals surface area (Å²) in [7, 11) is -3.80. The van der Waals surface area contributed by atoms with E-state index >= 15 is 0 Å². The fraction of sp³-hybridized carbons (Fsp3) is 0.435. The highest BCUT2D eigenvalue weighted by Gasteiger charge is 2.35. The Morgan fingerprint density at radius 2 is 1.59 bits per heavy atom. The van der Waals surface area contributed by atoms with Crippen LogP contribution in [0.4, 0.5) is 0 Å². The summed E-state index contributed by atoms with van der Waals surface area (Å²) in [6.07, 6.45) is 1.89. The van der Waals surface area contributed by atoms with Crippen LogP contribution in [0.15, 0.2) is 53.4 Å². The summed E-state index contributed by atoms with van der Waals surface area (Å²) in [5, 5.41) is 3.40. The molecular formula is C23H27Cl2N3O3S. The van der Waals surface area contributed by atoms with E-state index in [1.165, 1.54) is 22.0 Å². The smallest absolute Gasteiger partial charge is 0.246 e. The number of sulfonamides is 1. The summed E-state index contributed by atoms with van der Waals surface area (Å²) in [6, 6.07) is 15.1. The third kappa shape index (κ3) is 5.29. The van der Waals surface area contributed by atoms with E-state index in [4.69, 9.17) is 23.2 Å². The van der Waals surface area contributed by atoms with Gasteiger partial charge in [0, 0.05) is 44.7 Å². The van der Waals surface area contributed by atoms with Crippen molar-refractivity contribution in [2.24, 2.45) is 5.92 Å². The average molecular weight is 496 g/mol. The predicted octanol–water partition coefficient (Wildman–Crippen LogP) is 3.78. The first kappa shape index (κ1) is 23.5. The molecule has 2 heterocycles. The molecule has 2 fully saturated rings. The van der Waals surface area contributed by atoms with Crippen molar-refractivity contribution in [3.63, 3.8) is 0 Å². The maximum absolute atomic E-state index is 13.0. The van der Waals surface area contributed by atoms with E-state index in [-0.39, 0.29) is 45.9 Å². The molecule has 1 unspecified atom stereocenters. The van der Waals surface area contributed by atoms with Gasteiger partial charge < -0.3 is 5.32 Å². The summed E-state index contributed by atoms with van der Waals surface area (Å²) in [6.45, 7) is 3.21. The maximum Gasteiger partial charge on any atom is 0.246 e. The van der Waals surface area contributed by atoms with Crippen molar-refractivity contribution in [2.45, 2.75) is 36.7 Å². The zero-order chi connectivity index (χ0) is 22.7. The molecule has 2 aliphatic rings. The number of amides is 1. The molecule has 0 bridgehead atoms. The van der Waals surface area contributed by atoms with E-state index < -0.39 is 10.0 Å². The van der Waals surface area contributed by atoms with Crippen LogP contribution in [0.3, 0.4) is 0 Å². The van der Waals surface area contributed by atoms with E-state index in [2.05, 4.69) is 22.3 Å². The highest BCUT2D eigenvalue weighted by atomic mass is 35.5. The number of carbonyl (C=O) groups excluding carboxylic acids is 1. The van der Waals surface area contributed by atoms with Crippen LogP contribution in [0.2, 0.25) is 10.0 Å². The Morgan fingerprint density at radius 3 is 2.25 bits per heavy atom. The molecule has 2 aromatic carbocycles. The standard InChI is InChI=1S/C23H27Cl2N3O3S/c24-20-7-4-8-21(25)22(20)32(30,31)28-13-9-18(10-14-28)23(29)26-19-11-12-27(16-19)15-17-5-2-1-3-6-17/h1-8,18-19H,9-16H2,(H,26,29). The van der Waals surface area contributed by atoms with Gasteiger partial charge in [-0.1, -0.05) is 59.6 Å². The number of nitrogens with zero attached hydrogens (tertiary/aromatic N) is 2. The Balaban J connectivity index is 1.29. The first-order chi connectivity index (χ1) is 15.3. The predicted molar refractivity (Wildman–Crippen MR) is 126 cm³/mol. The highest BCUT2D eigenvalue weighted by molar-refractivity contribution is 7.89. The van der Waals surface area contributed by atoms with Crippen LogP contribution in [-0.4, -0.2) is 55.8 Å². The molecule has 9 heteroatoms. The van der Waals surface area contributed by atoms with E-state index in [1.807, 2.05) is 18.2 Å². The number of likely N-dealkylation sites (tertiary alicyclic amines) is 1. The highest BCUT2D eigenvalue weighted by Crippen LogP contribution is 2.33. The van der Waals surface area contributed by atoms with Crippen molar-refractivity contribution in [3.05, 3.63) is 64.1 Å². The molecule has 1 N–H and O–H groups in total. The maximum atomic E-state index is 13.0. The molecule has 2 saturated heterocycles. The van der Waals surface area contributed by atoms with Gasteiger partial charge in [0.25, 0.3) is 0 Å². The molecule has 0 aromatic heterocycles. The molecule has 0 spiro atoms. The Labute approximate surface area is 199 Å². The number of nitrogens with one attached hydrogen (secondary N) is 1. The summed E-state index contributed by atoms with van der Waals surface area (Å²) >= 11 is 12.2. The Kier molecular flexibility index (Phi) is 7.42. The van der Waals surface area contributed by atoms with E-state index in [0.717, 1.165) is 26.1 Å². The fourth-order valence-electron chi connectivity index (χ4n) is 4.47. The fourth-order valence-corrected chi connectivity index (χ4v) is 7.03. The quantitative estimate of drug-likeness (QED) is 0.661. The SMILES string of the molecule is O=C(NC1CCN(Cc2ccccc2)C1)C1CCN(S(=O)(=O)c2c(Cl)cccc2Cl)CC1. The van der Waals surface area contributed by atoms with Crippen molar-refractivity contribution in [3.8, 4) is 0 Å². The lowest BCUT2D eigenvalue weighted by atomic mass is 9.97. The van der Waals surface area contributed by atoms with Crippen LogP contribution in [0.1, 0.15) is 24.8 Å². The van der Waals surface area contributed by atoms with Gasteiger partial charge in [0.05, 0.1) is 10.0 Å². The molecule has 2 aliphatic heterocycles. The van der Waals surface area contributed by atoms with Gasteiger partial charge >= 0.3 is 0 Å². The van der Waals surface area contributed by atoms with Crippen molar-refractivity contribution in [2.75, 3.05) is 26.2 Å². The van der Waals surface area contributed by atoms with Crippen molar-refractivity contribution >= 4 is 39.1 Å². The molecule has 1 amide bonds. The number of benzene rings is 2. The van der Waals surface area contributed by atoms with Crippen molar-refractivity contribution in [1.29, 1.82) is 0 Å². The number of rotatable bonds is 6. The van der Waals surface area contributed by atoms with Crippen LogP contribution in [0.25, 0.3) is 0 Å². The van der Waals surface area contributed by atoms with E-state index in [1.54, 1.807) is 6.07 Å². The van der Waals surface area contributed by atoms with Gasteiger partial charge in [-0.05, 0) is 37.0 Å². The first-order valence-electron chi connectivity index (χ1n) is 10.9. The molecule has 4 rings (SSSR count). The van der Waals surface area contributed by atoms with Crippen LogP contribution in [0, 0.1) is 5.92 Å². The second kappa shape index (κ2) is 10.1. The second-order valence-electron chi connectivity index (χ2n) is 8.44. The average Bonchev–Trinajstić information content (AvgIpc) is 3.21. The first-order valence-corrected chi connectivity index (χ1v) is 13.0. The zero-order valence-electron chi connectivity index (χ0n) is 17.7. The lowest BCUT2D eigenvalue weighted by Crippen LogP contribution is -2.46. The van der Waals surface area contributed by atoms with Crippen LogP contribution >= 0.6 is 23.2 Å². The number of hydrogen-bond acceptors (Lipinski definition) is 4. The molecule has 0 saturated carbocycles. The van der Waals surface area contributed by atoms with Gasteiger partial charge in [-0.2, -0.15) is 4.31 Å². The largest absolute Gasteiger partial charge is 0.352 e. The molecule has 2 aromatic rings. The molecule has 32 heavy (non-hydrogen) atoms. The lowest BCUT2D eigenvalue weighted by Gasteiger charge is -2.31. The number of piperidine rings is 1. The molecule has 0 radical (unpaired) electrons. The van der Waals surface area contributed by atoms with Gasteiger partial charge in [-0.3, -0.25) is 9.69 Å².